The smallest absolute Gasteiger partial charge is 0.119 e. The van der Waals surface area contributed by atoms with Gasteiger partial charge in [-0.15, -0.1) is 0 Å². The Morgan fingerprint density at radius 3 is 0.778 bits per heavy atom. The molecule has 0 aliphatic heterocycles. The van der Waals surface area contributed by atoms with E-state index in [1.54, 1.807) is 11.8 Å². The minimum atomic E-state index is -0.458. The molecule has 9 heteroatoms. The molecule has 6 aromatic rings. The predicted octanol–water partition coefficient (Wildman–Crippen LogP) is 10.4. The van der Waals surface area contributed by atoms with E-state index in [1.165, 1.54) is 11.1 Å². The number of unbranched alkanes of at least 4 members (excludes halogenated alkanes) is 2. The predicted molar refractivity (Wildman–Crippen MR) is 252 cm³/mol. The highest BCUT2D eigenvalue weighted by atomic mass is 32.2. The third-order valence-electron chi connectivity index (χ3n) is 11.6. The van der Waals surface area contributed by atoms with E-state index in [4.69, 9.17) is 18.9 Å². The lowest BCUT2D eigenvalue weighted by Gasteiger charge is -2.37. The van der Waals surface area contributed by atoms with Crippen molar-refractivity contribution >= 4 is 11.8 Å². The van der Waals surface area contributed by atoms with E-state index in [1.807, 2.05) is 48.5 Å². The van der Waals surface area contributed by atoms with E-state index < -0.39 is 10.8 Å². The molecule has 8 nitrogen and oxygen atoms in total. The van der Waals surface area contributed by atoms with Crippen LogP contribution in [0, 0.1) is 0 Å². The Morgan fingerprint density at radius 2 is 0.571 bits per heavy atom. The van der Waals surface area contributed by atoms with Gasteiger partial charge in [-0.05, 0) is 119 Å². The van der Waals surface area contributed by atoms with Crippen LogP contribution in [0.1, 0.15) is 85.8 Å². The van der Waals surface area contributed by atoms with Gasteiger partial charge in [0.1, 0.15) is 49.4 Å². The molecule has 0 amide bonds. The molecule has 0 fully saturated rings. The second-order valence-electron chi connectivity index (χ2n) is 15.6. The van der Waals surface area contributed by atoms with Crippen molar-refractivity contribution in [2.24, 2.45) is 0 Å². The molecule has 6 rings (SSSR count). The molecule has 0 aliphatic carbocycles. The van der Waals surface area contributed by atoms with Crippen molar-refractivity contribution in [2.45, 2.75) is 73.0 Å². The molecule has 332 valence electrons. The normalized spacial score (nSPS) is 11.7. The van der Waals surface area contributed by atoms with Crippen molar-refractivity contribution in [3.05, 3.63) is 179 Å². The first-order valence-corrected chi connectivity index (χ1v) is 23.0. The summed E-state index contributed by atoms with van der Waals surface area (Å²) in [6, 6.07) is 50.9. The van der Waals surface area contributed by atoms with Crippen LogP contribution in [0.4, 0.5) is 0 Å². The van der Waals surface area contributed by atoms with Crippen LogP contribution in [0.5, 0.6) is 23.0 Å². The lowest BCUT2D eigenvalue weighted by molar-refractivity contribution is 0.201. The van der Waals surface area contributed by atoms with Gasteiger partial charge in [-0.25, -0.2) is 0 Å². The maximum absolute atomic E-state index is 9.34. The van der Waals surface area contributed by atoms with Gasteiger partial charge in [-0.3, -0.25) is 0 Å². The summed E-state index contributed by atoms with van der Waals surface area (Å²) in [5.74, 6) is 2.87. The van der Waals surface area contributed by atoms with Gasteiger partial charge in [0.15, 0.2) is 0 Å². The fraction of sp³-hybridized carbons (Fsp3) is 0.333. The maximum Gasteiger partial charge on any atom is 0.119 e. The Bertz CT molecular complexity index is 1940. The molecular weight excluding hydrogens is 809 g/mol. The van der Waals surface area contributed by atoms with Crippen LogP contribution < -0.4 is 18.9 Å². The molecule has 4 N–H and O–H groups in total. The van der Waals surface area contributed by atoms with Crippen LogP contribution >= 0.6 is 11.8 Å². The van der Waals surface area contributed by atoms with Crippen molar-refractivity contribution in [1.29, 1.82) is 0 Å². The molecule has 0 saturated heterocycles. The van der Waals surface area contributed by atoms with Crippen LogP contribution in [0.3, 0.4) is 0 Å². The Kier molecular flexibility index (Phi) is 17.9. The summed E-state index contributed by atoms with van der Waals surface area (Å²) in [4.78, 5) is 2.26. The zero-order valence-electron chi connectivity index (χ0n) is 36.6. The third kappa shape index (κ3) is 11.6. The van der Waals surface area contributed by atoms with E-state index in [-0.39, 0.29) is 52.9 Å². The quantitative estimate of drug-likeness (QED) is 0.0395. The first kappa shape index (κ1) is 47.2. The molecule has 0 unspecified atom stereocenters. The Balaban J connectivity index is 1.35. The summed E-state index contributed by atoms with van der Waals surface area (Å²) in [5, 5.41) is 37.4. The molecule has 0 aromatic heterocycles. The standard InChI is InChI=1S/C54H62O8S/c1-3-5-31-53(41-7-19-47(20-8-41)59-37-33-55,42-9-21-48(22-10-42)60-38-34-56)45-15-27-51(28-16-45)63-52-29-17-46(18-30-52)54(32-6-4-2,43-11-23-49(24-12-43)61-39-35-57)44-13-25-50(26-14-44)62-40-36-58/h7-30,55-58H,3-6,31-40H2,1-2H3. The minimum Gasteiger partial charge on any atom is -0.491 e. The molecule has 0 radical (unpaired) electrons. The van der Waals surface area contributed by atoms with Gasteiger partial charge in [0.05, 0.1) is 26.4 Å². The number of aliphatic hydroxyl groups excluding tert-OH is 4. The summed E-state index contributed by atoms with van der Waals surface area (Å²) in [5.41, 5.74) is 6.06. The third-order valence-corrected chi connectivity index (χ3v) is 12.6. The molecule has 63 heavy (non-hydrogen) atoms. The van der Waals surface area contributed by atoms with Crippen molar-refractivity contribution in [3.8, 4) is 23.0 Å². The second-order valence-corrected chi connectivity index (χ2v) is 16.7. The number of ether oxygens (including phenoxy) is 4. The summed E-state index contributed by atoms with van der Waals surface area (Å²) in [6.45, 7) is 5.22. The highest BCUT2D eigenvalue weighted by Crippen LogP contribution is 2.47. The summed E-state index contributed by atoms with van der Waals surface area (Å²) < 4.78 is 23.0. The fourth-order valence-corrected chi connectivity index (χ4v) is 9.31. The molecule has 0 saturated carbocycles. The highest BCUT2D eigenvalue weighted by Gasteiger charge is 2.37. The van der Waals surface area contributed by atoms with Gasteiger partial charge >= 0.3 is 0 Å². The summed E-state index contributed by atoms with van der Waals surface area (Å²) in [6.07, 6.45) is 5.88. The van der Waals surface area contributed by atoms with Gasteiger partial charge in [-0.1, -0.05) is 124 Å². The van der Waals surface area contributed by atoms with Crippen molar-refractivity contribution in [3.63, 3.8) is 0 Å². The summed E-state index contributed by atoms with van der Waals surface area (Å²) in [7, 11) is 0. The van der Waals surface area contributed by atoms with E-state index >= 15 is 0 Å². The van der Waals surface area contributed by atoms with Gasteiger partial charge in [0.2, 0.25) is 0 Å². The van der Waals surface area contributed by atoms with Crippen LogP contribution in [0.25, 0.3) is 0 Å². The molecule has 0 heterocycles. The van der Waals surface area contributed by atoms with Crippen molar-refractivity contribution in [2.75, 3.05) is 52.9 Å². The number of benzene rings is 6. The molecule has 0 aliphatic rings. The largest absolute Gasteiger partial charge is 0.491 e. The van der Waals surface area contributed by atoms with Gasteiger partial charge in [-0.2, -0.15) is 0 Å². The molecule has 0 bridgehead atoms. The number of hydrogen-bond acceptors (Lipinski definition) is 9. The van der Waals surface area contributed by atoms with Crippen molar-refractivity contribution < 1.29 is 39.4 Å². The van der Waals surface area contributed by atoms with E-state index in [0.29, 0.717) is 23.0 Å². The molecular formula is C54H62O8S. The van der Waals surface area contributed by atoms with E-state index in [2.05, 4.69) is 111 Å². The van der Waals surface area contributed by atoms with Gasteiger partial charge < -0.3 is 39.4 Å². The monoisotopic (exact) mass is 870 g/mol. The van der Waals surface area contributed by atoms with Crippen molar-refractivity contribution in [1.82, 2.24) is 0 Å². The number of aliphatic hydroxyl groups is 4. The van der Waals surface area contributed by atoms with Crippen LogP contribution in [0.2, 0.25) is 0 Å². The topological polar surface area (TPSA) is 118 Å². The Hall–Kier alpha value is -5.29. The lowest BCUT2D eigenvalue weighted by atomic mass is 9.66. The maximum atomic E-state index is 9.34. The Morgan fingerprint density at radius 1 is 0.349 bits per heavy atom. The summed E-state index contributed by atoms with van der Waals surface area (Å²) >= 11 is 1.74. The average Bonchev–Trinajstić information content (AvgIpc) is 3.34. The van der Waals surface area contributed by atoms with Gasteiger partial charge in [0.25, 0.3) is 0 Å². The Labute approximate surface area is 377 Å². The molecule has 0 atom stereocenters. The number of rotatable bonds is 26. The SMILES string of the molecule is CCCCC(c1ccc(OCCO)cc1)(c1ccc(OCCO)cc1)c1ccc(Sc2ccc(C(CCCC)(c3ccc(OCCO)cc3)c3ccc(OCCO)cc3)cc2)cc1. The average molecular weight is 871 g/mol. The second kappa shape index (κ2) is 24.0. The molecule has 0 spiro atoms. The van der Waals surface area contributed by atoms with E-state index in [9.17, 15) is 20.4 Å². The zero-order chi connectivity index (χ0) is 44.3. The van der Waals surface area contributed by atoms with Gasteiger partial charge in [0, 0.05) is 20.6 Å². The number of hydrogen-bond donors (Lipinski definition) is 4. The van der Waals surface area contributed by atoms with Crippen LogP contribution in [0.15, 0.2) is 155 Å². The highest BCUT2D eigenvalue weighted by molar-refractivity contribution is 7.99. The molecule has 6 aromatic carbocycles. The fourth-order valence-electron chi connectivity index (χ4n) is 8.50. The lowest BCUT2D eigenvalue weighted by Crippen LogP contribution is -2.29. The first-order chi connectivity index (χ1) is 30.9. The first-order valence-electron chi connectivity index (χ1n) is 22.2. The van der Waals surface area contributed by atoms with Crippen LogP contribution in [-0.2, 0) is 10.8 Å². The zero-order valence-corrected chi connectivity index (χ0v) is 37.4. The van der Waals surface area contributed by atoms with E-state index in [0.717, 1.165) is 70.6 Å². The van der Waals surface area contributed by atoms with Crippen LogP contribution in [-0.4, -0.2) is 73.3 Å². The minimum absolute atomic E-state index is 0.0448.